The van der Waals surface area contributed by atoms with E-state index in [9.17, 15) is 4.79 Å². The molecule has 1 atom stereocenters. The number of rotatable bonds is 8. The SMILES string of the molecule is Cc1ccc([C@@H](NCC(=O)Nc2ccc(CN3CCCC3)cc2)c2cccs2)cc1. The minimum atomic E-state index is -0.0315. The van der Waals surface area contributed by atoms with Crippen molar-refractivity contribution in [2.75, 3.05) is 25.0 Å². The van der Waals surface area contributed by atoms with Gasteiger partial charge in [-0.25, -0.2) is 0 Å². The molecular formula is C25H29N3OS. The van der Waals surface area contributed by atoms with E-state index in [2.05, 4.69) is 70.3 Å². The van der Waals surface area contributed by atoms with E-state index in [1.165, 1.54) is 47.5 Å². The van der Waals surface area contributed by atoms with E-state index >= 15 is 0 Å². The molecule has 0 unspecified atom stereocenters. The van der Waals surface area contributed by atoms with Crippen molar-refractivity contribution in [2.45, 2.75) is 32.4 Å². The summed E-state index contributed by atoms with van der Waals surface area (Å²) in [5.74, 6) is -0.0315. The van der Waals surface area contributed by atoms with Crippen LogP contribution in [0.2, 0.25) is 0 Å². The summed E-state index contributed by atoms with van der Waals surface area (Å²) < 4.78 is 0. The number of amides is 1. The van der Waals surface area contributed by atoms with E-state index in [0.29, 0.717) is 0 Å². The van der Waals surface area contributed by atoms with Crippen molar-refractivity contribution in [1.82, 2.24) is 10.2 Å². The number of carbonyl (C=O) groups excluding carboxylic acids is 1. The molecule has 2 aromatic carbocycles. The number of aryl methyl sites for hydroxylation is 1. The predicted molar refractivity (Wildman–Crippen MR) is 125 cm³/mol. The summed E-state index contributed by atoms with van der Waals surface area (Å²) in [4.78, 5) is 16.2. The zero-order chi connectivity index (χ0) is 20.8. The molecule has 1 aliphatic heterocycles. The highest BCUT2D eigenvalue weighted by molar-refractivity contribution is 7.10. The van der Waals surface area contributed by atoms with Crippen LogP contribution < -0.4 is 10.6 Å². The molecular weight excluding hydrogens is 390 g/mol. The van der Waals surface area contributed by atoms with Crippen LogP contribution in [0.5, 0.6) is 0 Å². The lowest BCUT2D eigenvalue weighted by molar-refractivity contribution is -0.115. The lowest BCUT2D eigenvalue weighted by Gasteiger charge is -2.18. The van der Waals surface area contributed by atoms with Crippen molar-refractivity contribution >= 4 is 22.9 Å². The molecule has 0 bridgehead atoms. The summed E-state index contributed by atoms with van der Waals surface area (Å²) in [7, 11) is 0. The van der Waals surface area contributed by atoms with Gasteiger partial charge in [-0.15, -0.1) is 11.3 Å². The number of nitrogens with one attached hydrogen (secondary N) is 2. The van der Waals surface area contributed by atoms with Gasteiger partial charge in [-0.3, -0.25) is 15.0 Å². The smallest absolute Gasteiger partial charge is 0.238 e. The van der Waals surface area contributed by atoms with Crippen LogP contribution in [0, 0.1) is 6.92 Å². The van der Waals surface area contributed by atoms with Gasteiger partial charge in [-0.05, 0) is 67.6 Å². The Hall–Kier alpha value is -2.47. The number of carbonyl (C=O) groups is 1. The fourth-order valence-corrected chi connectivity index (χ4v) is 4.72. The van der Waals surface area contributed by atoms with Crippen LogP contribution in [0.1, 0.15) is 40.5 Å². The van der Waals surface area contributed by atoms with Crippen molar-refractivity contribution in [3.05, 3.63) is 87.6 Å². The van der Waals surface area contributed by atoms with Crippen molar-refractivity contribution in [3.63, 3.8) is 0 Å². The lowest BCUT2D eigenvalue weighted by atomic mass is 10.0. The molecule has 1 aromatic heterocycles. The van der Waals surface area contributed by atoms with Crippen molar-refractivity contribution in [3.8, 4) is 0 Å². The summed E-state index contributed by atoms with van der Waals surface area (Å²) in [5.41, 5.74) is 4.54. The molecule has 156 valence electrons. The van der Waals surface area contributed by atoms with Crippen LogP contribution in [0.4, 0.5) is 5.69 Å². The van der Waals surface area contributed by atoms with Crippen molar-refractivity contribution in [2.24, 2.45) is 0 Å². The van der Waals surface area contributed by atoms with Gasteiger partial charge < -0.3 is 5.32 Å². The number of anilines is 1. The Balaban J connectivity index is 1.33. The van der Waals surface area contributed by atoms with E-state index in [0.717, 1.165) is 12.2 Å². The first-order valence-corrected chi connectivity index (χ1v) is 11.5. The Bertz CT molecular complexity index is 930. The first kappa shape index (κ1) is 20.8. The molecule has 0 saturated carbocycles. The van der Waals surface area contributed by atoms with Crippen LogP contribution in [0.15, 0.2) is 66.0 Å². The molecule has 4 nitrogen and oxygen atoms in total. The highest BCUT2D eigenvalue weighted by atomic mass is 32.1. The molecule has 0 spiro atoms. The normalized spacial score (nSPS) is 15.2. The second kappa shape index (κ2) is 10.0. The predicted octanol–water partition coefficient (Wildman–Crippen LogP) is 4.97. The third kappa shape index (κ3) is 5.57. The van der Waals surface area contributed by atoms with Crippen molar-refractivity contribution in [1.29, 1.82) is 0 Å². The first-order valence-electron chi connectivity index (χ1n) is 10.6. The average Bonchev–Trinajstić information content (AvgIpc) is 3.45. The third-order valence-corrected chi connectivity index (χ3v) is 6.48. The number of hydrogen-bond acceptors (Lipinski definition) is 4. The van der Waals surface area contributed by atoms with Gasteiger partial charge >= 0.3 is 0 Å². The summed E-state index contributed by atoms with van der Waals surface area (Å²) in [6.07, 6.45) is 2.60. The molecule has 4 rings (SSSR count). The van der Waals surface area contributed by atoms with Crippen LogP contribution in [-0.4, -0.2) is 30.4 Å². The fraction of sp³-hybridized carbons (Fsp3) is 0.320. The summed E-state index contributed by atoms with van der Waals surface area (Å²) in [6.45, 7) is 5.72. The number of thiophene rings is 1. The Labute approximate surface area is 182 Å². The molecule has 30 heavy (non-hydrogen) atoms. The van der Waals surface area contributed by atoms with E-state index in [4.69, 9.17) is 0 Å². The summed E-state index contributed by atoms with van der Waals surface area (Å²) in [6, 6.07) is 20.9. The maximum absolute atomic E-state index is 12.6. The molecule has 1 saturated heterocycles. The highest BCUT2D eigenvalue weighted by Crippen LogP contribution is 2.26. The van der Waals surface area contributed by atoms with Crippen LogP contribution in [0.3, 0.4) is 0 Å². The Morgan fingerprint density at radius 1 is 1.03 bits per heavy atom. The van der Waals surface area contributed by atoms with Gasteiger partial charge in [-0.1, -0.05) is 48.0 Å². The first-order chi connectivity index (χ1) is 14.7. The number of likely N-dealkylation sites (tertiary alicyclic amines) is 1. The monoisotopic (exact) mass is 419 g/mol. The zero-order valence-electron chi connectivity index (χ0n) is 17.4. The van der Waals surface area contributed by atoms with Crippen LogP contribution in [-0.2, 0) is 11.3 Å². The van der Waals surface area contributed by atoms with Crippen molar-refractivity contribution < 1.29 is 4.79 Å². The molecule has 0 aliphatic carbocycles. The zero-order valence-corrected chi connectivity index (χ0v) is 18.3. The molecule has 1 amide bonds. The topological polar surface area (TPSA) is 44.4 Å². The molecule has 0 radical (unpaired) electrons. The van der Waals surface area contributed by atoms with Gasteiger partial charge in [0.05, 0.1) is 12.6 Å². The van der Waals surface area contributed by atoms with Gasteiger partial charge in [0.15, 0.2) is 0 Å². The van der Waals surface area contributed by atoms with Crippen LogP contribution in [0.25, 0.3) is 0 Å². The fourth-order valence-electron chi connectivity index (χ4n) is 3.89. The molecule has 3 aromatic rings. The number of hydrogen-bond donors (Lipinski definition) is 2. The van der Waals surface area contributed by atoms with Gasteiger partial charge in [0.25, 0.3) is 0 Å². The van der Waals surface area contributed by atoms with E-state index in [1.54, 1.807) is 11.3 Å². The standard InChI is InChI=1S/C25H29N3OS/c1-19-6-10-21(11-7-19)25(23-5-4-16-30-23)26-17-24(29)27-22-12-8-20(9-13-22)18-28-14-2-3-15-28/h4-13,16,25-26H,2-3,14-15,17-18H2,1H3,(H,27,29)/t25-/m1/s1. The average molecular weight is 420 g/mol. The van der Waals surface area contributed by atoms with Gasteiger partial charge in [0.1, 0.15) is 0 Å². The van der Waals surface area contributed by atoms with E-state index in [1.807, 2.05) is 18.2 Å². The minimum Gasteiger partial charge on any atom is -0.325 e. The second-order valence-electron chi connectivity index (χ2n) is 7.97. The highest BCUT2D eigenvalue weighted by Gasteiger charge is 2.16. The van der Waals surface area contributed by atoms with E-state index in [-0.39, 0.29) is 18.5 Å². The van der Waals surface area contributed by atoms with Gasteiger partial charge in [-0.2, -0.15) is 0 Å². The molecule has 2 heterocycles. The quantitative estimate of drug-likeness (QED) is 0.542. The summed E-state index contributed by atoms with van der Waals surface area (Å²) in [5, 5.41) is 8.51. The summed E-state index contributed by atoms with van der Waals surface area (Å²) >= 11 is 1.70. The van der Waals surface area contributed by atoms with E-state index < -0.39 is 0 Å². The third-order valence-electron chi connectivity index (χ3n) is 5.55. The largest absolute Gasteiger partial charge is 0.325 e. The Kier molecular flexibility index (Phi) is 6.95. The maximum Gasteiger partial charge on any atom is 0.238 e. The second-order valence-corrected chi connectivity index (χ2v) is 8.95. The maximum atomic E-state index is 12.6. The molecule has 5 heteroatoms. The molecule has 1 aliphatic rings. The molecule has 1 fully saturated rings. The van der Waals surface area contributed by atoms with Crippen LogP contribution >= 0.6 is 11.3 Å². The van der Waals surface area contributed by atoms with Gasteiger partial charge in [0, 0.05) is 17.1 Å². The van der Waals surface area contributed by atoms with Gasteiger partial charge in [0.2, 0.25) is 5.91 Å². The molecule has 2 N–H and O–H groups in total. The Morgan fingerprint density at radius 2 is 1.77 bits per heavy atom. The number of benzene rings is 2. The Morgan fingerprint density at radius 3 is 2.43 bits per heavy atom. The minimum absolute atomic E-state index is 0.0131. The lowest BCUT2D eigenvalue weighted by Crippen LogP contribution is -2.31. The number of nitrogens with zero attached hydrogens (tertiary/aromatic N) is 1.